The molecule has 9 heteroatoms. The van der Waals surface area contributed by atoms with Crippen LogP contribution < -0.4 is 0 Å². The molecule has 0 aromatic carbocycles. The van der Waals surface area contributed by atoms with Crippen LogP contribution in [0.25, 0.3) is 0 Å². The van der Waals surface area contributed by atoms with Gasteiger partial charge in [0, 0.05) is 17.3 Å². The van der Waals surface area contributed by atoms with Crippen molar-refractivity contribution in [2.75, 3.05) is 6.61 Å². The van der Waals surface area contributed by atoms with Gasteiger partial charge in [-0.25, -0.2) is 4.79 Å². The molecule has 0 amide bonds. The SMILES string of the molecule is C=C1[C@@H](O)[C@]2(O)OC[C@@]34[C@H]1[C@@H](OC(=O)C(C)CC)C(=O)O[C@@H]3C[C@H]1C(C)=CC(=O)[C@@H](O)[C@]1(C)[C@@H]24. The van der Waals surface area contributed by atoms with Crippen LogP contribution in [-0.4, -0.2) is 69.9 Å². The summed E-state index contributed by atoms with van der Waals surface area (Å²) in [7, 11) is 0. The summed E-state index contributed by atoms with van der Waals surface area (Å²) in [5.41, 5.74) is -1.56. The van der Waals surface area contributed by atoms with Crippen molar-refractivity contribution in [1.82, 2.24) is 0 Å². The molecule has 0 aromatic rings. The highest BCUT2D eigenvalue weighted by atomic mass is 16.7. The van der Waals surface area contributed by atoms with E-state index in [1.807, 2.05) is 6.92 Å². The van der Waals surface area contributed by atoms with Crippen LogP contribution in [0.4, 0.5) is 0 Å². The van der Waals surface area contributed by atoms with E-state index in [-0.39, 0.29) is 18.6 Å². The molecule has 1 unspecified atom stereocenters. The highest BCUT2D eigenvalue weighted by Gasteiger charge is 2.83. The third-order valence-electron chi connectivity index (χ3n) is 9.48. The first kappa shape index (κ1) is 23.7. The summed E-state index contributed by atoms with van der Waals surface area (Å²) in [4.78, 5) is 38.6. The average molecular weight is 477 g/mol. The van der Waals surface area contributed by atoms with E-state index in [4.69, 9.17) is 14.2 Å². The van der Waals surface area contributed by atoms with Gasteiger partial charge in [0.2, 0.25) is 6.10 Å². The fourth-order valence-electron chi connectivity index (χ4n) is 7.71. The van der Waals surface area contributed by atoms with Gasteiger partial charge >= 0.3 is 11.9 Å². The van der Waals surface area contributed by atoms with Gasteiger partial charge in [0.05, 0.1) is 17.9 Å². The molecule has 1 spiro atoms. The first-order chi connectivity index (χ1) is 15.8. The molecule has 2 heterocycles. The van der Waals surface area contributed by atoms with Crippen molar-refractivity contribution in [1.29, 1.82) is 0 Å². The molecule has 34 heavy (non-hydrogen) atoms. The topological polar surface area (TPSA) is 140 Å². The van der Waals surface area contributed by atoms with Crippen molar-refractivity contribution in [2.24, 2.45) is 34.5 Å². The van der Waals surface area contributed by atoms with Crippen LogP contribution in [0.1, 0.15) is 40.5 Å². The lowest BCUT2D eigenvalue weighted by Gasteiger charge is -2.67. The predicted molar refractivity (Wildman–Crippen MR) is 116 cm³/mol. The molecule has 2 saturated heterocycles. The molecular weight excluding hydrogens is 444 g/mol. The fraction of sp³-hybridized carbons (Fsp3) is 0.720. The summed E-state index contributed by atoms with van der Waals surface area (Å²) in [5.74, 6) is -6.75. The maximum Gasteiger partial charge on any atom is 0.348 e. The minimum absolute atomic E-state index is 0.115. The summed E-state index contributed by atoms with van der Waals surface area (Å²) in [5, 5.41) is 34.2. The molecule has 2 aliphatic heterocycles. The smallest absolute Gasteiger partial charge is 0.348 e. The van der Waals surface area contributed by atoms with E-state index in [1.54, 1.807) is 20.8 Å². The molecule has 9 nitrogen and oxygen atoms in total. The summed E-state index contributed by atoms with van der Waals surface area (Å²) >= 11 is 0. The van der Waals surface area contributed by atoms with Gasteiger partial charge in [0.15, 0.2) is 11.6 Å². The lowest BCUT2D eigenvalue weighted by molar-refractivity contribution is -0.311. The van der Waals surface area contributed by atoms with E-state index in [0.717, 1.165) is 0 Å². The monoisotopic (exact) mass is 476 g/mol. The molecule has 11 atom stereocenters. The van der Waals surface area contributed by atoms with E-state index in [2.05, 4.69) is 6.58 Å². The Morgan fingerprint density at radius 3 is 2.65 bits per heavy atom. The fourth-order valence-corrected chi connectivity index (χ4v) is 7.71. The number of hydrogen-bond acceptors (Lipinski definition) is 9. The van der Waals surface area contributed by atoms with Crippen molar-refractivity contribution in [3.05, 3.63) is 23.8 Å². The van der Waals surface area contributed by atoms with Crippen molar-refractivity contribution in [2.45, 2.75) is 70.7 Å². The number of rotatable bonds is 3. The number of carbonyl (C=O) groups is 3. The lowest BCUT2D eigenvalue weighted by Crippen LogP contribution is -2.76. The second kappa shape index (κ2) is 7.22. The average Bonchev–Trinajstić information content (AvgIpc) is 3.08. The Morgan fingerprint density at radius 1 is 1.32 bits per heavy atom. The molecule has 186 valence electrons. The summed E-state index contributed by atoms with van der Waals surface area (Å²) in [6, 6.07) is 0. The molecule has 3 N–H and O–H groups in total. The molecule has 2 saturated carbocycles. The van der Waals surface area contributed by atoms with Gasteiger partial charge in [-0.1, -0.05) is 32.9 Å². The highest BCUT2D eigenvalue weighted by Crippen LogP contribution is 2.73. The number of carbonyl (C=O) groups excluding carboxylic acids is 3. The number of ether oxygens (including phenoxy) is 3. The number of ketones is 1. The van der Waals surface area contributed by atoms with Crippen LogP contribution in [0.3, 0.4) is 0 Å². The largest absolute Gasteiger partial charge is 0.459 e. The first-order valence-electron chi connectivity index (χ1n) is 11.9. The quantitative estimate of drug-likeness (QED) is 0.396. The summed E-state index contributed by atoms with van der Waals surface area (Å²) < 4.78 is 17.4. The summed E-state index contributed by atoms with van der Waals surface area (Å²) in [6.45, 7) is 10.9. The van der Waals surface area contributed by atoms with E-state index in [0.29, 0.717) is 12.0 Å². The number of allylic oxidation sites excluding steroid dienone is 1. The van der Waals surface area contributed by atoms with Crippen molar-refractivity contribution < 1.29 is 43.9 Å². The molecule has 0 aromatic heterocycles. The van der Waals surface area contributed by atoms with Gasteiger partial charge in [-0.2, -0.15) is 0 Å². The van der Waals surface area contributed by atoms with E-state index >= 15 is 0 Å². The van der Waals surface area contributed by atoms with Crippen molar-refractivity contribution >= 4 is 17.7 Å². The Kier molecular flexibility index (Phi) is 5.03. The van der Waals surface area contributed by atoms with Crippen LogP contribution in [0, 0.1) is 34.5 Å². The minimum atomic E-state index is -2.16. The van der Waals surface area contributed by atoms with E-state index in [1.165, 1.54) is 6.08 Å². The number of aliphatic hydroxyl groups is 3. The highest BCUT2D eigenvalue weighted by molar-refractivity contribution is 5.96. The van der Waals surface area contributed by atoms with Gasteiger partial charge in [-0.05, 0) is 37.3 Å². The van der Waals surface area contributed by atoms with Gasteiger partial charge in [0.1, 0.15) is 18.3 Å². The Labute approximate surface area is 197 Å². The first-order valence-corrected chi connectivity index (χ1v) is 11.9. The second-order valence-electron chi connectivity index (χ2n) is 11.0. The van der Waals surface area contributed by atoms with Crippen LogP contribution >= 0.6 is 0 Å². The van der Waals surface area contributed by atoms with Crippen LogP contribution in [0.2, 0.25) is 0 Å². The molecule has 0 radical (unpaired) electrons. The van der Waals surface area contributed by atoms with E-state index < -0.39 is 82.4 Å². The Bertz CT molecular complexity index is 1020. The van der Waals surface area contributed by atoms with E-state index in [9.17, 15) is 29.7 Å². The number of hydrogen-bond donors (Lipinski definition) is 3. The third kappa shape index (κ3) is 2.56. The number of esters is 2. The Balaban J connectivity index is 1.70. The minimum Gasteiger partial charge on any atom is -0.459 e. The maximum absolute atomic E-state index is 13.2. The van der Waals surface area contributed by atoms with Crippen LogP contribution in [0.15, 0.2) is 23.8 Å². The molecule has 5 aliphatic rings. The van der Waals surface area contributed by atoms with Crippen LogP contribution in [0.5, 0.6) is 0 Å². The van der Waals surface area contributed by atoms with Gasteiger partial charge in [0.25, 0.3) is 0 Å². The zero-order chi connectivity index (χ0) is 25.0. The molecular formula is C25H32O9. The molecule has 2 bridgehead atoms. The molecule has 5 rings (SSSR count). The molecule has 4 fully saturated rings. The standard InChI is InChI=1S/C25H32O9/c1-6-10(2)20(29)34-17-16-12(4)18(27)25(31)22-23(5)13(11(3)7-14(26)19(23)28)8-15(33-21(17)30)24(16,22)9-32-25/h7,10,13,15-19,22,27-28,31H,4,6,8-9H2,1-3,5H3/t10?,13-,15+,16+,17+,18+,19+,22+,23+,24-,25-/m0/s1. The van der Waals surface area contributed by atoms with Crippen molar-refractivity contribution in [3.63, 3.8) is 0 Å². The number of aliphatic hydroxyl groups excluding tert-OH is 2. The zero-order valence-electron chi connectivity index (χ0n) is 19.8. The zero-order valence-corrected chi connectivity index (χ0v) is 19.8. The predicted octanol–water partition coefficient (Wildman–Crippen LogP) is 0.654. The number of fused-ring (bicyclic) bond motifs is 1. The Morgan fingerprint density at radius 2 is 2.00 bits per heavy atom. The van der Waals surface area contributed by atoms with Gasteiger partial charge in [-0.15, -0.1) is 0 Å². The van der Waals surface area contributed by atoms with Crippen LogP contribution in [-0.2, 0) is 28.6 Å². The third-order valence-corrected chi connectivity index (χ3v) is 9.48. The Hall–Kier alpha value is -2.07. The second-order valence-corrected chi connectivity index (χ2v) is 11.0. The molecule has 3 aliphatic carbocycles. The normalized spacial score (nSPS) is 50.0. The lowest BCUT2D eigenvalue weighted by atomic mass is 9.38. The maximum atomic E-state index is 13.2. The van der Waals surface area contributed by atoms with Crippen molar-refractivity contribution in [3.8, 4) is 0 Å². The summed E-state index contributed by atoms with van der Waals surface area (Å²) in [6.07, 6.45) is -3.05. The van der Waals surface area contributed by atoms with Gasteiger partial charge < -0.3 is 29.5 Å². The van der Waals surface area contributed by atoms with Gasteiger partial charge in [-0.3, -0.25) is 9.59 Å².